The van der Waals surface area contributed by atoms with Crippen LogP contribution in [0.2, 0.25) is 10.0 Å². The summed E-state index contributed by atoms with van der Waals surface area (Å²) >= 11 is 12.5. The van der Waals surface area contributed by atoms with Crippen molar-refractivity contribution in [3.63, 3.8) is 0 Å². The number of piperazine rings is 1. The molecule has 0 atom stereocenters. The molecule has 32 heavy (non-hydrogen) atoms. The molecule has 10 heteroatoms. The van der Waals surface area contributed by atoms with Gasteiger partial charge in [0, 0.05) is 59.6 Å². The van der Waals surface area contributed by atoms with Gasteiger partial charge in [0.2, 0.25) is 5.91 Å². The van der Waals surface area contributed by atoms with Crippen molar-refractivity contribution in [1.82, 2.24) is 24.6 Å². The van der Waals surface area contributed by atoms with Crippen molar-refractivity contribution in [2.24, 2.45) is 0 Å². The normalized spacial score (nSPS) is 15.2. The fourth-order valence-corrected chi connectivity index (χ4v) is 4.61. The Labute approximate surface area is 194 Å². The molecule has 1 aliphatic heterocycles. The fourth-order valence-electron chi connectivity index (χ4n) is 4.09. The highest BCUT2D eigenvalue weighted by Gasteiger charge is 2.25. The zero-order chi connectivity index (χ0) is 23.0. The number of hydrogen-bond acceptors (Lipinski definition) is 4. The topological polar surface area (TPSA) is 54.3 Å². The lowest BCUT2D eigenvalue weighted by atomic mass is 10.1. The number of rotatable bonds is 5. The summed E-state index contributed by atoms with van der Waals surface area (Å²) < 4.78 is 28.4. The number of aromatic nitrogens is 3. The molecule has 0 aliphatic carbocycles. The van der Waals surface area contributed by atoms with Crippen LogP contribution in [0.1, 0.15) is 28.9 Å². The molecule has 6 nitrogen and oxygen atoms in total. The Morgan fingerprint density at radius 3 is 2.41 bits per heavy atom. The molecule has 1 amide bonds. The quantitative estimate of drug-likeness (QED) is 0.532. The van der Waals surface area contributed by atoms with Gasteiger partial charge in [-0.15, -0.1) is 0 Å². The molecule has 0 spiro atoms. The second-order valence-corrected chi connectivity index (χ2v) is 8.77. The van der Waals surface area contributed by atoms with Crippen LogP contribution in [0.5, 0.6) is 0 Å². The Morgan fingerprint density at radius 1 is 1.12 bits per heavy atom. The van der Waals surface area contributed by atoms with E-state index in [1.54, 1.807) is 18.7 Å². The third-order valence-corrected chi connectivity index (χ3v) is 6.43. The number of fused-ring (bicyclic) bond motifs is 1. The summed E-state index contributed by atoms with van der Waals surface area (Å²) in [5, 5.41) is 5.91. The summed E-state index contributed by atoms with van der Waals surface area (Å²) in [6, 6.07) is 6.81. The number of nitrogens with zero attached hydrogens (tertiary/aromatic N) is 5. The predicted molar refractivity (Wildman–Crippen MR) is 120 cm³/mol. The molecule has 3 aromatic rings. The van der Waals surface area contributed by atoms with Crippen molar-refractivity contribution in [2.45, 2.75) is 33.4 Å². The number of pyridine rings is 1. The lowest BCUT2D eigenvalue weighted by molar-refractivity contribution is -0.133. The maximum absolute atomic E-state index is 13.5. The predicted octanol–water partition coefficient (Wildman–Crippen LogP) is 4.64. The number of benzene rings is 1. The largest absolute Gasteiger partial charge is 0.339 e. The number of carbonyl (C=O) groups excluding carboxylic acids is 1. The second kappa shape index (κ2) is 9.29. The first-order chi connectivity index (χ1) is 15.2. The molecule has 2 aromatic heterocycles. The minimum absolute atomic E-state index is 0.0419. The smallest absolute Gasteiger partial charge is 0.264 e. The van der Waals surface area contributed by atoms with Crippen molar-refractivity contribution in [1.29, 1.82) is 0 Å². The molecule has 0 radical (unpaired) electrons. The summed E-state index contributed by atoms with van der Waals surface area (Å²) in [5.74, 6) is -0.119. The molecular weight excluding hydrogens is 459 g/mol. The molecule has 1 saturated heterocycles. The van der Waals surface area contributed by atoms with Crippen LogP contribution in [-0.4, -0.2) is 56.7 Å². The first-order valence-corrected chi connectivity index (χ1v) is 11.1. The highest BCUT2D eigenvalue weighted by molar-refractivity contribution is 6.35. The minimum atomic E-state index is -2.63. The van der Waals surface area contributed by atoms with E-state index in [1.807, 2.05) is 18.2 Å². The highest BCUT2D eigenvalue weighted by Crippen LogP contribution is 2.30. The van der Waals surface area contributed by atoms with Crippen LogP contribution in [-0.2, 0) is 17.9 Å². The van der Waals surface area contributed by atoms with Crippen LogP contribution in [0.25, 0.3) is 11.0 Å². The van der Waals surface area contributed by atoms with Crippen molar-refractivity contribution in [2.75, 3.05) is 26.2 Å². The SMILES string of the molecule is Cc1cc(C(F)F)c2c(C)nn(CC(=O)N3CCN(Cc4c(Cl)cccc4Cl)CC3)c2n1. The van der Waals surface area contributed by atoms with Gasteiger partial charge in [-0.25, -0.2) is 18.4 Å². The summed E-state index contributed by atoms with van der Waals surface area (Å²) in [6.07, 6.45) is -2.63. The third kappa shape index (κ3) is 4.58. The van der Waals surface area contributed by atoms with Crippen molar-refractivity contribution in [3.8, 4) is 0 Å². The van der Waals surface area contributed by atoms with E-state index in [0.717, 1.165) is 5.56 Å². The fraction of sp³-hybridized carbons (Fsp3) is 0.409. The van der Waals surface area contributed by atoms with Crippen LogP contribution in [0, 0.1) is 13.8 Å². The van der Waals surface area contributed by atoms with E-state index in [2.05, 4.69) is 15.0 Å². The average Bonchev–Trinajstić information content (AvgIpc) is 3.05. The van der Waals surface area contributed by atoms with Gasteiger partial charge in [0.15, 0.2) is 5.65 Å². The van der Waals surface area contributed by atoms with Crippen LogP contribution >= 0.6 is 23.2 Å². The number of amides is 1. The first-order valence-electron chi connectivity index (χ1n) is 10.3. The Hall–Kier alpha value is -2.29. The molecule has 1 aliphatic rings. The summed E-state index contributed by atoms with van der Waals surface area (Å²) in [7, 11) is 0. The lowest BCUT2D eigenvalue weighted by Crippen LogP contribution is -2.49. The van der Waals surface area contributed by atoms with Crippen LogP contribution in [0.4, 0.5) is 8.78 Å². The molecule has 0 unspecified atom stereocenters. The van der Waals surface area contributed by atoms with E-state index in [4.69, 9.17) is 23.2 Å². The average molecular weight is 482 g/mol. The Bertz CT molecular complexity index is 1140. The second-order valence-electron chi connectivity index (χ2n) is 7.95. The highest BCUT2D eigenvalue weighted by atomic mass is 35.5. The number of aryl methyl sites for hydroxylation is 2. The zero-order valence-corrected chi connectivity index (χ0v) is 19.3. The molecule has 3 heterocycles. The van der Waals surface area contributed by atoms with Crippen molar-refractivity contribution < 1.29 is 13.6 Å². The molecule has 0 N–H and O–H groups in total. The minimum Gasteiger partial charge on any atom is -0.339 e. The van der Waals surface area contributed by atoms with Gasteiger partial charge in [-0.2, -0.15) is 5.10 Å². The Balaban J connectivity index is 1.44. The van der Waals surface area contributed by atoms with Crippen molar-refractivity contribution in [3.05, 3.63) is 56.8 Å². The molecular formula is C22H23Cl2F2N5O. The number of halogens is 4. The molecule has 1 fully saturated rings. The summed E-state index contributed by atoms with van der Waals surface area (Å²) in [4.78, 5) is 21.3. The van der Waals surface area contributed by atoms with Gasteiger partial charge in [0.1, 0.15) is 6.54 Å². The van der Waals surface area contributed by atoms with Gasteiger partial charge in [0.05, 0.1) is 11.1 Å². The molecule has 0 saturated carbocycles. The van der Waals surface area contributed by atoms with Crippen LogP contribution in [0.15, 0.2) is 24.3 Å². The molecule has 1 aromatic carbocycles. The third-order valence-electron chi connectivity index (χ3n) is 5.72. The monoisotopic (exact) mass is 481 g/mol. The van der Waals surface area contributed by atoms with E-state index in [-0.39, 0.29) is 18.0 Å². The molecule has 0 bridgehead atoms. The van der Waals surface area contributed by atoms with Crippen molar-refractivity contribution >= 4 is 40.1 Å². The van der Waals surface area contributed by atoms with Gasteiger partial charge in [-0.1, -0.05) is 29.3 Å². The maximum Gasteiger partial charge on any atom is 0.264 e. The number of alkyl halides is 2. The maximum atomic E-state index is 13.5. The van der Waals surface area contributed by atoms with Gasteiger partial charge < -0.3 is 4.90 Å². The zero-order valence-electron chi connectivity index (χ0n) is 17.8. The first kappa shape index (κ1) is 22.9. The van der Waals surface area contributed by atoms with E-state index >= 15 is 0 Å². The number of carbonyl (C=O) groups is 1. The van der Waals surface area contributed by atoms with E-state index in [0.29, 0.717) is 65.2 Å². The Morgan fingerprint density at radius 2 is 1.78 bits per heavy atom. The molecule has 4 rings (SSSR count). The Kier molecular flexibility index (Phi) is 6.65. The van der Waals surface area contributed by atoms with E-state index in [9.17, 15) is 13.6 Å². The van der Waals surface area contributed by atoms with E-state index in [1.165, 1.54) is 10.7 Å². The van der Waals surface area contributed by atoms with Crippen LogP contribution in [0.3, 0.4) is 0 Å². The van der Waals surface area contributed by atoms with Gasteiger partial charge in [0.25, 0.3) is 6.43 Å². The lowest BCUT2D eigenvalue weighted by Gasteiger charge is -2.35. The van der Waals surface area contributed by atoms with Gasteiger partial charge >= 0.3 is 0 Å². The van der Waals surface area contributed by atoms with E-state index < -0.39 is 6.43 Å². The van der Waals surface area contributed by atoms with Gasteiger partial charge in [-0.3, -0.25) is 9.69 Å². The van der Waals surface area contributed by atoms with Gasteiger partial charge in [-0.05, 0) is 32.0 Å². The standard InChI is InChI=1S/C22H23Cl2F2N5O/c1-13-10-15(21(25)26)20-14(2)28-31(22(20)27-13)12-19(32)30-8-6-29(7-9-30)11-16-17(23)4-3-5-18(16)24/h3-5,10,21H,6-9,11-12H2,1-2H3. The number of hydrogen-bond donors (Lipinski definition) is 0. The summed E-state index contributed by atoms with van der Waals surface area (Å²) in [6.45, 7) is 6.35. The van der Waals surface area contributed by atoms with Crippen LogP contribution < -0.4 is 0 Å². The molecule has 170 valence electrons. The summed E-state index contributed by atoms with van der Waals surface area (Å²) in [5.41, 5.74) is 2.00.